The largest absolute Gasteiger partial charge is 0.383 e. The van der Waals surface area contributed by atoms with E-state index in [4.69, 9.17) is 4.74 Å². The fourth-order valence-corrected chi connectivity index (χ4v) is 3.95. The van der Waals surface area contributed by atoms with Gasteiger partial charge in [0.15, 0.2) is 0 Å². The van der Waals surface area contributed by atoms with Gasteiger partial charge in [-0.1, -0.05) is 18.2 Å². The maximum atomic E-state index is 13.1. The first-order valence-corrected chi connectivity index (χ1v) is 10.2. The number of carbonyl (C=O) groups excluding carboxylic acids is 1. The Bertz CT molecular complexity index is 1190. The molecule has 0 atom stereocenters. The molecule has 1 amide bonds. The molecule has 1 aromatic carbocycles. The molecule has 0 unspecified atom stereocenters. The van der Waals surface area contributed by atoms with Crippen molar-refractivity contribution >= 4 is 27.8 Å². The standard InChI is InChI=1S/C23H27N5O2/c1-15(2)28-19-8-6-5-7-18(19)22-20(28)11-21(27(22)9-10-30-4)23(29)26-14-17-13-24-16(3)12-25-17/h5-8,11-13,15H,9-10,14H2,1-4H3,(H,26,29). The molecule has 0 aliphatic carbocycles. The van der Waals surface area contributed by atoms with Crippen molar-refractivity contribution < 1.29 is 9.53 Å². The maximum Gasteiger partial charge on any atom is 0.268 e. The number of benzene rings is 1. The number of hydrogen-bond donors (Lipinski definition) is 1. The van der Waals surface area contributed by atoms with E-state index in [1.165, 1.54) is 5.52 Å². The fourth-order valence-electron chi connectivity index (χ4n) is 3.95. The summed E-state index contributed by atoms with van der Waals surface area (Å²) in [6, 6.07) is 10.6. The van der Waals surface area contributed by atoms with Gasteiger partial charge in [-0.15, -0.1) is 0 Å². The molecule has 0 bridgehead atoms. The maximum absolute atomic E-state index is 13.1. The van der Waals surface area contributed by atoms with Gasteiger partial charge in [0.05, 0.1) is 47.3 Å². The Labute approximate surface area is 175 Å². The topological polar surface area (TPSA) is 74.0 Å². The van der Waals surface area contributed by atoms with Gasteiger partial charge >= 0.3 is 0 Å². The van der Waals surface area contributed by atoms with Crippen LogP contribution in [0.15, 0.2) is 42.7 Å². The van der Waals surface area contributed by atoms with Crippen LogP contribution in [0.5, 0.6) is 0 Å². The van der Waals surface area contributed by atoms with Crippen molar-refractivity contribution in [1.82, 2.24) is 24.4 Å². The van der Waals surface area contributed by atoms with Crippen LogP contribution in [0.4, 0.5) is 0 Å². The Morgan fingerprint density at radius 2 is 1.97 bits per heavy atom. The molecule has 156 valence electrons. The lowest BCUT2D eigenvalue weighted by atomic mass is 10.2. The van der Waals surface area contributed by atoms with E-state index >= 15 is 0 Å². The van der Waals surface area contributed by atoms with E-state index in [1.807, 2.05) is 19.1 Å². The van der Waals surface area contributed by atoms with Gasteiger partial charge in [0.2, 0.25) is 0 Å². The fraction of sp³-hybridized carbons (Fsp3) is 0.348. The number of amides is 1. The minimum atomic E-state index is -0.135. The van der Waals surface area contributed by atoms with Crippen LogP contribution in [0.1, 0.15) is 41.8 Å². The molecule has 0 saturated heterocycles. The zero-order valence-electron chi connectivity index (χ0n) is 17.8. The van der Waals surface area contributed by atoms with Crippen molar-refractivity contribution in [3.63, 3.8) is 0 Å². The molecule has 0 radical (unpaired) electrons. The number of nitrogens with one attached hydrogen (secondary N) is 1. The third-order valence-electron chi connectivity index (χ3n) is 5.29. The highest BCUT2D eigenvalue weighted by Gasteiger charge is 2.22. The molecule has 7 heteroatoms. The van der Waals surface area contributed by atoms with E-state index in [1.54, 1.807) is 19.5 Å². The summed E-state index contributed by atoms with van der Waals surface area (Å²) in [5.74, 6) is -0.135. The molecule has 7 nitrogen and oxygen atoms in total. The predicted molar refractivity (Wildman–Crippen MR) is 118 cm³/mol. The lowest BCUT2D eigenvalue weighted by Gasteiger charge is -2.11. The molecule has 30 heavy (non-hydrogen) atoms. The van der Waals surface area contributed by atoms with Gasteiger partial charge in [-0.3, -0.25) is 14.8 Å². The zero-order chi connectivity index (χ0) is 21.3. The summed E-state index contributed by atoms with van der Waals surface area (Å²) < 4.78 is 9.68. The minimum Gasteiger partial charge on any atom is -0.383 e. The molecular weight excluding hydrogens is 378 g/mol. The molecule has 0 aliphatic heterocycles. The minimum absolute atomic E-state index is 0.135. The van der Waals surface area contributed by atoms with E-state index in [0.29, 0.717) is 25.4 Å². The monoisotopic (exact) mass is 405 g/mol. The Balaban J connectivity index is 1.77. The number of nitrogens with zero attached hydrogens (tertiary/aromatic N) is 4. The van der Waals surface area contributed by atoms with E-state index in [2.05, 4.69) is 56.5 Å². The number of para-hydroxylation sites is 1. The van der Waals surface area contributed by atoms with Crippen molar-refractivity contribution in [2.45, 2.75) is 39.9 Å². The second-order valence-corrected chi connectivity index (χ2v) is 7.72. The number of ether oxygens (including phenoxy) is 1. The molecule has 0 spiro atoms. The Morgan fingerprint density at radius 3 is 2.67 bits per heavy atom. The summed E-state index contributed by atoms with van der Waals surface area (Å²) in [6.45, 7) is 7.66. The van der Waals surface area contributed by atoms with Crippen molar-refractivity contribution in [2.75, 3.05) is 13.7 Å². The van der Waals surface area contributed by atoms with Crippen LogP contribution in [-0.2, 0) is 17.8 Å². The second-order valence-electron chi connectivity index (χ2n) is 7.72. The van der Waals surface area contributed by atoms with Crippen LogP contribution in [0, 0.1) is 6.92 Å². The van der Waals surface area contributed by atoms with Gasteiger partial charge in [0, 0.05) is 31.3 Å². The number of aromatic nitrogens is 4. The van der Waals surface area contributed by atoms with Crippen LogP contribution in [0.25, 0.3) is 21.9 Å². The average molecular weight is 406 g/mol. The van der Waals surface area contributed by atoms with E-state index in [0.717, 1.165) is 27.8 Å². The number of aryl methyl sites for hydroxylation is 1. The first-order valence-electron chi connectivity index (χ1n) is 10.2. The van der Waals surface area contributed by atoms with E-state index in [9.17, 15) is 4.79 Å². The molecule has 4 rings (SSSR count). The van der Waals surface area contributed by atoms with Gasteiger partial charge in [0.1, 0.15) is 5.69 Å². The molecule has 1 N–H and O–H groups in total. The normalized spacial score (nSPS) is 11.6. The number of carbonyl (C=O) groups is 1. The number of hydrogen-bond acceptors (Lipinski definition) is 4. The van der Waals surface area contributed by atoms with Gasteiger partial charge < -0.3 is 19.2 Å². The summed E-state index contributed by atoms with van der Waals surface area (Å²) >= 11 is 0. The Kier molecular flexibility index (Phi) is 5.55. The third-order valence-corrected chi connectivity index (χ3v) is 5.29. The summed E-state index contributed by atoms with van der Waals surface area (Å²) in [5.41, 5.74) is 5.50. The van der Waals surface area contributed by atoms with Crippen molar-refractivity contribution in [1.29, 1.82) is 0 Å². The molecular formula is C23H27N5O2. The first kappa shape index (κ1) is 20.1. The summed E-state index contributed by atoms with van der Waals surface area (Å²) in [4.78, 5) is 21.7. The number of rotatable bonds is 7. The smallest absolute Gasteiger partial charge is 0.268 e. The average Bonchev–Trinajstić information content (AvgIpc) is 3.26. The van der Waals surface area contributed by atoms with Crippen molar-refractivity contribution in [3.05, 3.63) is 59.8 Å². The molecule has 0 aliphatic rings. The first-order chi connectivity index (χ1) is 14.5. The van der Waals surface area contributed by atoms with E-state index < -0.39 is 0 Å². The molecule has 4 aromatic rings. The summed E-state index contributed by atoms with van der Waals surface area (Å²) in [6.07, 6.45) is 3.39. The predicted octanol–water partition coefficient (Wildman–Crippen LogP) is 3.85. The van der Waals surface area contributed by atoms with Crippen LogP contribution in [-0.4, -0.2) is 38.7 Å². The van der Waals surface area contributed by atoms with Gasteiger partial charge in [-0.25, -0.2) is 0 Å². The highest BCUT2D eigenvalue weighted by Crippen LogP contribution is 2.34. The van der Waals surface area contributed by atoms with Crippen molar-refractivity contribution in [3.8, 4) is 0 Å². The summed E-state index contributed by atoms with van der Waals surface area (Å²) in [5, 5.41) is 4.13. The van der Waals surface area contributed by atoms with E-state index in [-0.39, 0.29) is 11.9 Å². The molecule has 3 heterocycles. The zero-order valence-corrected chi connectivity index (χ0v) is 17.8. The Hall–Kier alpha value is -3.19. The highest BCUT2D eigenvalue weighted by molar-refractivity contribution is 6.10. The van der Waals surface area contributed by atoms with Crippen LogP contribution in [0.2, 0.25) is 0 Å². The van der Waals surface area contributed by atoms with Crippen LogP contribution >= 0.6 is 0 Å². The highest BCUT2D eigenvalue weighted by atomic mass is 16.5. The van der Waals surface area contributed by atoms with Crippen LogP contribution in [0.3, 0.4) is 0 Å². The lowest BCUT2D eigenvalue weighted by molar-refractivity contribution is 0.0939. The van der Waals surface area contributed by atoms with Gasteiger partial charge in [-0.05, 0) is 32.9 Å². The Morgan fingerprint density at radius 1 is 1.17 bits per heavy atom. The van der Waals surface area contributed by atoms with Crippen LogP contribution < -0.4 is 5.32 Å². The molecule has 0 saturated carbocycles. The third kappa shape index (κ3) is 3.57. The number of methoxy groups -OCH3 is 1. The lowest BCUT2D eigenvalue weighted by Crippen LogP contribution is -2.26. The van der Waals surface area contributed by atoms with Gasteiger partial charge in [0.25, 0.3) is 5.91 Å². The quantitative estimate of drug-likeness (QED) is 0.507. The summed E-state index contributed by atoms with van der Waals surface area (Å²) in [7, 11) is 1.67. The number of fused-ring (bicyclic) bond motifs is 3. The SMILES string of the molecule is COCCn1c(C(=O)NCc2cnc(C)cn2)cc2c1c1ccccc1n2C(C)C. The van der Waals surface area contributed by atoms with Gasteiger partial charge in [-0.2, -0.15) is 0 Å². The second kappa shape index (κ2) is 8.28. The molecule has 3 aromatic heterocycles. The van der Waals surface area contributed by atoms with Crippen molar-refractivity contribution in [2.24, 2.45) is 0 Å². The molecule has 0 fully saturated rings.